The van der Waals surface area contributed by atoms with Crippen LogP contribution < -0.4 is 16.0 Å². The number of pyridine rings is 1. The predicted octanol–water partition coefficient (Wildman–Crippen LogP) is 2.20. The first-order valence-corrected chi connectivity index (χ1v) is 7.27. The van der Waals surface area contributed by atoms with E-state index in [0.29, 0.717) is 11.3 Å². The summed E-state index contributed by atoms with van der Waals surface area (Å²) in [7, 11) is 0. The number of hydrogen-bond acceptors (Lipinski definition) is 3. The van der Waals surface area contributed by atoms with Gasteiger partial charge in [0.05, 0.1) is 11.8 Å². The first-order chi connectivity index (χ1) is 11.0. The average molecular weight is 311 g/mol. The van der Waals surface area contributed by atoms with E-state index in [4.69, 9.17) is 10.5 Å². The second-order valence-corrected chi connectivity index (χ2v) is 5.52. The quantitative estimate of drug-likeness (QED) is 0.774. The first-order valence-electron chi connectivity index (χ1n) is 7.27. The van der Waals surface area contributed by atoms with E-state index < -0.39 is 5.91 Å². The Kier molecular flexibility index (Phi) is 3.65. The number of H-pyrrole nitrogens is 1. The van der Waals surface area contributed by atoms with Gasteiger partial charge < -0.3 is 15.5 Å². The molecule has 0 atom stereocenters. The molecule has 0 bridgehead atoms. The number of aromatic nitrogens is 2. The largest absolute Gasteiger partial charge is 0.491 e. The van der Waals surface area contributed by atoms with Gasteiger partial charge in [0, 0.05) is 11.5 Å². The number of ether oxygens (including phenoxy) is 1. The molecule has 3 N–H and O–H groups in total. The third-order valence-electron chi connectivity index (χ3n) is 3.41. The summed E-state index contributed by atoms with van der Waals surface area (Å²) < 4.78 is 7.10. The molecule has 0 aliphatic carbocycles. The summed E-state index contributed by atoms with van der Waals surface area (Å²) >= 11 is 0. The van der Waals surface area contributed by atoms with Gasteiger partial charge in [0.2, 0.25) is 0 Å². The lowest BCUT2D eigenvalue weighted by Gasteiger charge is -2.11. The number of carbonyl (C=O) groups is 1. The van der Waals surface area contributed by atoms with Gasteiger partial charge in [-0.3, -0.25) is 14.2 Å². The fourth-order valence-electron chi connectivity index (χ4n) is 2.45. The van der Waals surface area contributed by atoms with Gasteiger partial charge in [0.15, 0.2) is 0 Å². The fourth-order valence-corrected chi connectivity index (χ4v) is 2.45. The van der Waals surface area contributed by atoms with Crippen LogP contribution in [0.5, 0.6) is 5.75 Å². The van der Waals surface area contributed by atoms with Crippen LogP contribution in [0.3, 0.4) is 0 Å². The Bertz CT molecular complexity index is 920. The van der Waals surface area contributed by atoms with Crippen molar-refractivity contribution < 1.29 is 9.53 Å². The average Bonchev–Trinajstić information content (AvgIpc) is 2.92. The number of carbonyl (C=O) groups excluding carboxylic acids is 1. The van der Waals surface area contributed by atoms with Crippen LogP contribution in [0, 0.1) is 0 Å². The minimum Gasteiger partial charge on any atom is -0.491 e. The van der Waals surface area contributed by atoms with Gasteiger partial charge in [-0.05, 0) is 50.2 Å². The molecule has 1 aromatic carbocycles. The molecule has 2 heterocycles. The van der Waals surface area contributed by atoms with E-state index in [9.17, 15) is 9.59 Å². The van der Waals surface area contributed by atoms with Crippen molar-refractivity contribution in [3.63, 3.8) is 0 Å². The van der Waals surface area contributed by atoms with Gasteiger partial charge in [0.1, 0.15) is 17.1 Å². The molecule has 0 radical (unpaired) electrons. The van der Waals surface area contributed by atoms with Crippen LogP contribution in [0.25, 0.3) is 16.7 Å². The number of primary amides is 1. The van der Waals surface area contributed by atoms with Crippen LogP contribution in [0.15, 0.2) is 47.3 Å². The predicted molar refractivity (Wildman–Crippen MR) is 88.2 cm³/mol. The first kappa shape index (κ1) is 14.9. The molecule has 1 amide bonds. The molecule has 6 heteroatoms. The van der Waals surface area contributed by atoms with Crippen molar-refractivity contribution in [2.24, 2.45) is 5.73 Å². The Balaban J connectivity index is 2.13. The molecular weight excluding hydrogens is 294 g/mol. The third kappa shape index (κ3) is 2.83. The van der Waals surface area contributed by atoms with E-state index in [2.05, 4.69) is 4.98 Å². The maximum absolute atomic E-state index is 12.3. The number of nitrogens with one attached hydrogen (secondary N) is 1. The highest BCUT2D eigenvalue weighted by Gasteiger charge is 2.11. The number of nitrogens with two attached hydrogens (primary N) is 1. The topological polar surface area (TPSA) is 90.1 Å². The monoisotopic (exact) mass is 311 g/mol. The Morgan fingerprint density at radius 3 is 2.48 bits per heavy atom. The van der Waals surface area contributed by atoms with Crippen molar-refractivity contribution >= 4 is 16.9 Å². The number of amides is 1. The van der Waals surface area contributed by atoms with Gasteiger partial charge in [-0.15, -0.1) is 0 Å². The summed E-state index contributed by atoms with van der Waals surface area (Å²) in [5, 5.41) is 0.737. The van der Waals surface area contributed by atoms with E-state index in [1.54, 1.807) is 36.4 Å². The minimum atomic E-state index is -0.569. The van der Waals surface area contributed by atoms with Crippen molar-refractivity contribution in [3.05, 3.63) is 58.5 Å². The SMILES string of the molecule is CC(C)Oc1ccc(-n2c(=O)ccc3cc(C(N)=O)[nH]c32)cc1. The molecule has 0 saturated carbocycles. The minimum absolute atomic E-state index is 0.0773. The van der Waals surface area contributed by atoms with Gasteiger partial charge >= 0.3 is 0 Å². The molecule has 23 heavy (non-hydrogen) atoms. The van der Waals surface area contributed by atoms with Crippen LogP contribution in [-0.2, 0) is 0 Å². The summed E-state index contributed by atoms with van der Waals surface area (Å²) in [5.41, 5.74) is 6.57. The van der Waals surface area contributed by atoms with Crippen LogP contribution >= 0.6 is 0 Å². The zero-order valence-corrected chi connectivity index (χ0v) is 12.9. The molecule has 0 spiro atoms. The van der Waals surface area contributed by atoms with Crippen LogP contribution in [0.4, 0.5) is 0 Å². The van der Waals surface area contributed by atoms with Crippen molar-refractivity contribution in [1.82, 2.24) is 9.55 Å². The highest BCUT2D eigenvalue weighted by Crippen LogP contribution is 2.20. The summed E-state index contributed by atoms with van der Waals surface area (Å²) in [6, 6.07) is 11.9. The summed E-state index contributed by atoms with van der Waals surface area (Å²) in [6.45, 7) is 3.90. The van der Waals surface area contributed by atoms with Crippen LogP contribution in [0.1, 0.15) is 24.3 Å². The second kappa shape index (κ2) is 5.64. The molecule has 0 unspecified atom stereocenters. The van der Waals surface area contributed by atoms with Crippen molar-refractivity contribution in [1.29, 1.82) is 0 Å². The van der Waals surface area contributed by atoms with E-state index in [0.717, 1.165) is 11.1 Å². The second-order valence-electron chi connectivity index (χ2n) is 5.52. The molecule has 3 rings (SSSR count). The summed E-state index contributed by atoms with van der Waals surface area (Å²) in [5.74, 6) is 0.161. The number of nitrogens with zero attached hydrogens (tertiary/aromatic N) is 1. The van der Waals surface area contributed by atoms with Crippen molar-refractivity contribution in [3.8, 4) is 11.4 Å². The lowest BCUT2D eigenvalue weighted by molar-refractivity contribution is 0.0996. The number of rotatable bonds is 4. The molecule has 3 aromatic rings. The van der Waals surface area contributed by atoms with Gasteiger partial charge in [-0.25, -0.2) is 0 Å². The maximum Gasteiger partial charge on any atom is 0.265 e. The highest BCUT2D eigenvalue weighted by atomic mass is 16.5. The zero-order valence-electron chi connectivity index (χ0n) is 12.9. The van der Waals surface area contributed by atoms with Crippen LogP contribution in [0.2, 0.25) is 0 Å². The third-order valence-corrected chi connectivity index (χ3v) is 3.41. The molecule has 6 nitrogen and oxygen atoms in total. The normalized spacial score (nSPS) is 11.1. The van der Waals surface area contributed by atoms with E-state index in [1.807, 2.05) is 13.8 Å². The highest BCUT2D eigenvalue weighted by molar-refractivity contribution is 5.96. The summed E-state index contributed by atoms with van der Waals surface area (Å²) in [6.07, 6.45) is 0.0773. The number of fused-ring (bicyclic) bond motifs is 1. The molecular formula is C17H17N3O3. The zero-order chi connectivity index (χ0) is 16.6. The lowest BCUT2D eigenvalue weighted by atomic mass is 10.2. The molecule has 0 fully saturated rings. The Morgan fingerprint density at radius 2 is 1.87 bits per heavy atom. The lowest BCUT2D eigenvalue weighted by Crippen LogP contribution is -2.17. The molecule has 118 valence electrons. The molecule has 0 aliphatic heterocycles. The van der Waals surface area contributed by atoms with Crippen molar-refractivity contribution in [2.45, 2.75) is 20.0 Å². The van der Waals surface area contributed by atoms with E-state index >= 15 is 0 Å². The van der Waals surface area contributed by atoms with Crippen LogP contribution in [-0.4, -0.2) is 21.6 Å². The number of aromatic amines is 1. The Morgan fingerprint density at radius 1 is 1.17 bits per heavy atom. The molecule has 2 aromatic heterocycles. The van der Waals surface area contributed by atoms with Crippen molar-refractivity contribution in [2.75, 3.05) is 0 Å². The summed E-state index contributed by atoms with van der Waals surface area (Å²) in [4.78, 5) is 26.5. The number of hydrogen-bond donors (Lipinski definition) is 2. The van der Waals surface area contributed by atoms with E-state index in [-0.39, 0.29) is 17.4 Å². The molecule has 0 saturated heterocycles. The maximum atomic E-state index is 12.3. The van der Waals surface area contributed by atoms with Gasteiger partial charge in [0.25, 0.3) is 11.5 Å². The van der Waals surface area contributed by atoms with Gasteiger partial charge in [-0.1, -0.05) is 0 Å². The molecule has 0 aliphatic rings. The Labute approximate surface area is 132 Å². The fraction of sp³-hybridized carbons (Fsp3) is 0.176. The van der Waals surface area contributed by atoms with Gasteiger partial charge in [-0.2, -0.15) is 0 Å². The standard InChI is InChI=1S/C17H17N3O3/c1-10(2)23-13-6-4-12(5-7-13)20-15(21)8-3-11-9-14(16(18)22)19-17(11)20/h3-10,19H,1-2H3,(H2,18,22). The Hall–Kier alpha value is -3.02. The van der Waals surface area contributed by atoms with E-state index in [1.165, 1.54) is 10.6 Å². The number of benzene rings is 1. The smallest absolute Gasteiger partial charge is 0.265 e.